The second kappa shape index (κ2) is 32.7. The molecule has 0 aliphatic carbocycles. The van der Waals surface area contributed by atoms with Crippen LogP contribution in [0.3, 0.4) is 0 Å². The Morgan fingerprint density at radius 3 is 1.56 bits per heavy atom. The van der Waals surface area contributed by atoms with Crippen LogP contribution in [0.5, 0.6) is 0 Å². The van der Waals surface area contributed by atoms with Crippen LogP contribution in [0.25, 0.3) is 0 Å². The average Bonchev–Trinajstić information content (AvgIpc) is 3.23. The van der Waals surface area contributed by atoms with Crippen LogP contribution in [0, 0.1) is 0 Å². The molecule has 11 atom stereocenters. The molecule has 344 valence electrons. The molecule has 0 amide bonds. The Morgan fingerprint density at radius 2 is 1.00 bits per heavy atom. The molecule has 0 aromatic carbocycles. The van der Waals surface area contributed by atoms with Gasteiger partial charge in [0, 0.05) is 12.8 Å². The van der Waals surface area contributed by atoms with Gasteiger partial charge < -0.3 is 64.2 Å². The maximum Gasteiger partial charge on any atom is 0.306 e. The number of unbranched alkanes of at least 4 members (excludes halogenated alkanes) is 15. The molecule has 15 nitrogen and oxygen atoms in total. The van der Waals surface area contributed by atoms with Gasteiger partial charge in [-0.3, -0.25) is 9.59 Å². The Bertz CT molecular complexity index is 1140. The standard InChI is InChI=1S/C44H78O15/c1-3-5-7-9-11-13-15-16-17-19-21-23-25-27-36(47)57-32(29-54-35(46)26-24-22-20-18-14-12-10-8-6-4-2)30-55-43-42(53)40(51)38(49)34(59-43)31-56-44-41(52)39(50)37(48)33(28-45)58-44/h8,10,13,15,32-34,37-45,48-53H,3-7,9,11-12,14,16-31H2,1-2H3/b10-8-,15-13-. The SMILES string of the molecule is CCC/C=C\CCCCCCCC(=O)OCC(COC1OC(COC2OC(CO)C(O)C(O)C2O)C(O)C(O)C1O)OC(=O)CCCCCCC/C=C\CCCCCC. The van der Waals surface area contributed by atoms with E-state index in [-0.39, 0.29) is 26.1 Å². The van der Waals surface area contributed by atoms with Crippen LogP contribution < -0.4 is 0 Å². The molecule has 0 spiro atoms. The molecule has 2 rings (SSSR count). The summed E-state index contributed by atoms with van der Waals surface area (Å²) in [6, 6.07) is 0. The van der Waals surface area contributed by atoms with Gasteiger partial charge in [-0.05, 0) is 57.8 Å². The fourth-order valence-corrected chi connectivity index (χ4v) is 6.86. The Balaban J connectivity index is 1.87. The van der Waals surface area contributed by atoms with Gasteiger partial charge in [-0.15, -0.1) is 0 Å². The summed E-state index contributed by atoms with van der Waals surface area (Å²) in [5.74, 6) is -0.950. The van der Waals surface area contributed by atoms with E-state index in [4.69, 9.17) is 28.4 Å². The molecular weight excluding hydrogens is 768 g/mol. The minimum atomic E-state index is -1.76. The van der Waals surface area contributed by atoms with Gasteiger partial charge in [0.05, 0.1) is 19.8 Å². The van der Waals surface area contributed by atoms with Crippen molar-refractivity contribution in [1.29, 1.82) is 0 Å². The lowest BCUT2D eigenvalue weighted by Crippen LogP contribution is -2.61. The first kappa shape index (κ1) is 53.1. The number of aliphatic hydroxyl groups is 7. The van der Waals surface area contributed by atoms with Crippen molar-refractivity contribution in [2.45, 2.75) is 216 Å². The van der Waals surface area contributed by atoms with E-state index in [9.17, 15) is 45.3 Å². The highest BCUT2D eigenvalue weighted by Crippen LogP contribution is 2.26. The number of rotatable bonds is 33. The first-order valence-corrected chi connectivity index (χ1v) is 22.4. The fraction of sp³-hybridized carbons (Fsp3) is 0.864. The van der Waals surface area contributed by atoms with Crippen molar-refractivity contribution in [3.05, 3.63) is 24.3 Å². The van der Waals surface area contributed by atoms with Gasteiger partial charge in [-0.1, -0.05) is 102 Å². The van der Waals surface area contributed by atoms with Crippen molar-refractivity contribution in [2.75, 3.05) is 26.4 Å². The van der Waals surface area contributed by atoms with Crippen LogP contribution in [0.2, 0.25) is 0 Å². The van der Waals surface area contributed by atoms with E-state index in [1.165, 1.54) is 25.7 Å². The minimum absolute atomic E-state index is 0.154. The van der Waals surface area contributed by atoms with Crippen LogP contribution in [0.4, 0.5) is 0 Å². The molecule has 0 radical (unpaired) electrons. The van der Waals surface area contributed by atoms with E-state index in [0.717, 1.165) is 83.5 Å². The summed E-state index contributed by atoms with van der Waals surface area (Å²) in [6.45, 7) is 2.46. The average molecular weight is 847 g/mol. The predicted molar refractivity (Wildman–Crippen MR) is 220 cm³/mol. The number of hydrogen-bond donors (Lipinski definition) is 7. The van der Waals surface area contributed by atoms with Gasteiger partial charge in [0.25, 0.3) is 0 Å². The van der Waals surface area contributed by atoms with E-state index >= 15 is 0 Å². The number of allylic oxidation sites excluding steroid dienone is 4. The molecule has 2 fully saturated rings. The van der Waals surface area contributed by atoms with E-state index in [2.05, 4.69) is 38.2 Å². The van der Waals surface area contributed by atoms with Crippen molar-refractivity contribution >= 4 is 11.9 Å². The van der Waals surface area contributed by atoms with Crippen LogP contribution in [0.15, 0.2) is 24.3 Å². The highest BCUT2D eigenvalue weighted by atomic mass is 16.7. The predicted octanol–water partition coefficient (Wildman–Crippen LogP) is 4.43. The number of esters is 2. The van der Waals surface area contributed by atoms with Gasteiger partial charge in [-0.2, -0.15) is 0 Å². The number of carbonyl (C=O) groups excluding carboxylic acids is 2. The van der Waals surface area contributed by atoms with Crippen LogP contribution in [0.1, 0.15) is 149 Å². The number of carbonyl (C=O) groups is 2. The molecule has 15 heteroatoms. The molecule has 2 saturated heterocycles. The van der Waals surface area contributed by atoms with Gasteiger partial charge in [0.15, 0.2) is 18.7 Å². The Morgan fingerprint density at radius 1 is 0.525 bits per heavy atom. The first-order valence-electron chi connectivity index (χ1n) is 22.4. The third-order valence-corrected chi connectivity index (χ3v) is 10.6. The maximum atomic E-state index is 12.9. The molecule has 2 heterocycles. The third kappa shape index (κ3) is 22.1. The highest BCUT2D eigenvalue weighted by molar-refractivity contribution is 5.70. The first-order chi connectivity index (χ1) is 28.5. The van der Waals surface area contributed by atoms with Crippen molar-refractivity contribution in [1.82, 2.24) is 0 Å². The number of hydrogen-bond acceptors (Lipinski definition) is 15. The van der Waals surface area contributed by atoms with Crippen molar-refractivity contribution in [2.24, 2.45) is 0 Å². The van der Waals surface area contributed by atoms with E-state index < -0.39 is 92.7 Å². The second-order valence-electron chi connectivity index (χ2n) is 15.9. The summed E-state index contributed by atoms with van der Waals surface area (Å²) in [5.41, 5.74) is 0. The number of ether oxygens (including phenoxy) is 6. The molecule has 0 bridgehead atoms. The quantitative estimate of drug-likeness (QED) is 0.0275. The van der Waals surface area contributed by atoms with Gasteiger partial charge in [-0.25, -0.2) is 0 Å². The summed E-state index contributed by atoms with van der Waals surface area (Å²) < 4.78 is 33.4. The Labute approximate surface area is 352 Å². The molecule has 2 aliphatic rings. The smallest absolute Gasteiger partial charge is 0.306 e. The van der Waals surface area contributed by atoms with Crippen molar-refractivity contribution in [3.63, 3.8) is 0 Å². The zero-order valence-corrected chi connectivity index (χ0v) is 35.7. The molecule has 0 saturated carbocycles. The van der Waals surface area contributed by atoms with E-state index in [1.54, 1.807) is 0 Å². The lowest BCUT2D eigenvalue weighted by atomic mass is 9.98. The van der Waals surface area contributed by atoms with Gasteiger partial charge in [0.2, 0.25) is 0 Å². The lowest BCUT2D eigenvalue weighted by Gasteiger charge is -2.42. The Kier molecular flexibility index (Phi) is 29.4. The van der Waals surface area contributed by atoms with Gasteiger partial charge in [0.1, 0.15) is 55.4 Å². The molecule has 59 heavy (non-hydrogen) atoms. The molecule has 11 unspecified atom stereocenters. The molecule has 0 aromatic heterocycles. The van der Waals surface area contributed by atoms with Crippen LogP contribution in [-0.2, 0) is 38.0 Å². The minimum Gasteiger partial charge on any atom is -0.462 e. The summed E-state index contributed by atoms with van der Waals surface area (Å²) >= 11 is 0. The summed E-state index contributed by atoms with van der Waals surface area (Å²) in [5, 5.41) is 71.8. The molecule has 2 aliphatic heterocycles. The lowest BCUT2D eigenvalue weighted by molar-refractivity contribution is -0.332. The highest BCUT2D eigenvalue weighted by Gasteiger charge is 2.47. The normalized spacial score (nSPS) is 28.0. The zero-order chi connectivity index (χ0) is 43.3. The third-order valence-electron chi connectivity index (χ3n) is 10.6. The topological polar surface area (TPSA) is 231 Å². The van der Waals surface area contributed by atoms with Crippen LogP contribution >= 0.6 is 0 Å². The summed E-state index contributed by atoms with van der Waals surface area (Å²) in [6.07, 6.45) is 12.3. The van der Waals surface area contributed by atoms with Gasteiger partial charge >= 0.3 is 11.9 Å². The van der Waals surface area contributed by atoms with E-state index in [1.807, 2.05) is 0 Å². The summed E-state index contributed by atoms with van der Waals surface area (Å²) in [7, 11) is 0. The Hall–Kier alpha value is -2.02. The molecule has 0 aromatic rings. The second-order valence-corrected chi connectivity index (χ2v) is 15.9. The van der Waals surface area contributed by atoms with Crippen molar-refractivity contribution in [3.8, 4) is 0 Å². The van der Waals surface area contributed by atoms with E-state index in [0.29, 0.717) is 12.8 Å². The maximum absolute atomic E-state index is 12.9. The molecular formula is C44H78O15. The zero-order valence-electron chi connectivity index (χ0n) is 35.7. The molecule has 7 N–H and O–H groups in total. The monoisotopic (exact) mass is 847 g/mol. The fourth-order valence-electron chi connectivity index (χ4n) is 6.86. The summed E-state index contributed by atoms with van der Waals surface area (Å²) in [4.78, 5) is 25.5. The number of aliphatic hydroxyl groups excluding tert-OH is 7. The largest absolute Gasteiger partial charge is 0.462 e. The van der Waals surface area contributed by atoms with Crippen LogP contribution in [-0.4, -0.2) is 142 Å². The van der Waals surface area contributed by atoms with Crippen molar-refractivity contribution < 1.29 is 73.8 Å².